The van der Waals surface area contributed by atoms with E-state index in [-0.39, 0.29) is 6.10 Å². The van der Waals surface area contributed by atoms with E-state index in [1.807, 2.05) is 6.92 Å². The van der Waals surface area contributed by atoms with E-state index < -0.39 is 16.8 Å². The standard InChI is InChI=1S/C9H19NO3S/c1-4-6(11)5-14-9(2,3)7(10)8(12)13/h6-7,11H,4-5,10H2,1-3H3,(H,12,13)/t6?,7-/m1/s1. The van der Waals surface area contributed by atoms with Crippen molar-refractivity contribution in [2.75, 3.05) is 5.75 Å². The van der Waals surface area contributed by atoms with E-state index in [1.54, 1.807) is 13.8 Å². The van der Waals surface area contributed by atoms with Crippen LogP contribution in [0.15, 0.2) is 0 Å². The molecule has 0 rings (SSSR count). The maximum absolute atomic E-state index is 10.7. The van der Waals surface area contributed by atoms with Gasteiger partial charge in [-0.05, 0) is 20.3 Å². The Kier molecular flexibility index (Phi) is 5.48. The summed E-state index contributed by atoms with van der Waals surface area (Å²) in [7, 11) is 0. The lowest BCUT2D eigenvalue weighted by Crippen LogP contribution is -2.47. The summed E-state index contributed by atoms with van der Waals surface area (Å²) >= 11 is 1.39. The molecule has 0 amide bonds. The smallest absolute Gasteiger partial charge is 0.321 e. The molecule has 2 atom stereocenters. The van der Waals surface area contributed by atoms with Crippen molar-refractivity contribution < 1.29 is 15.0 Å². The van der Waals surface area contributed by atoms with Crippen LogP contribution >= 0.6 is 11.8 Å². The van der Waals surface area contributed by atoms with Crippen LogP contribution in [0.5, 0.6) is 0 Å². The molecule has 0 aromatic rings. The van der Waals surface area contributed by atoms with E-state index in [4.69, 9.17) is 10.8 Å². The fraction of sp³-hybridized carbons (Fsp3) is 0.889. The molecule has 0 saturated carbocycles. The fourth-order valence-corrected chi connectivity index (χ4v) is 1.95. The lowest BCUT2D eigenvalue weighted by atomic mass is 10.1. The van der Waals surface area contributed by atoms with Crippen molar-refractivity contribution in [3.8, 4) is 0 Å². The van der Waals surface area contributed by atoms with Crippen LogP contribution in [0.25, 0.3) is 0 Å². The summed E-state index contributed by atoms with van der Waals surface area (Å²) in [5.41, 5.74) is 5.52. The lowest BCUT2D eigenvalue weighted by Gasteiger charge is -2.28. The van der Waals surface area contributed by atoms with Crippen LogP contribution in [0.3, 0.4) is 0 Å². The fourth-order valence-electron chi connectivity index (χ4n) is 0.816. The van der Waals surface area contributed by atoms with Crippen LogP contribution in [0, 0.1) is 0 Å². The van der Waals surface area contributed by atoms with Gasteiger partial charge in [0.1, 0.15) is 6.04 Å². The minimum Gasteiger partial charge on any atom is -0.480 e. The number of carboxylic acids is 1. The number of hydrogen-bond acceptors (Lipinski definition) is 4. The van der Waals surface area contributed by atoms with Gasteiger partial charge in [0.05, 0.1) is 6.10 Å². The molecule has 0 saturated heterocycles. The molecular formula is C9H19NO3S. The Balaban J connectivity index is 4.13. The second-order valence-electron chi connectivity index (χ2n) is 3.79. The van der Waals surface area contributed by atoms with Gasteiger partial charge in [-0.2, -0.15) is 11.8 Å². The van der Waals surface area contributed by atoms with Gasteiger partial charge in [0.15, 0.2) is 0 Å². The molecule has 4 nitrogen and oxygen atoms in total. The summed E-state index contributed by atoms with van der Waals surface area (Å²) in [6.45, 7) is 5.44. The average molecular weight is 221 g/mol. The van der Waals surface area contributed by atoms with Crippen molar-refractivity contribution in [2.24, 2.45) is 5.73 Å². The average Bonchev–Trinajstić information content (AvgIpc) is 2.12. The number of carboxylic acid groups (broad SMARTS) is 1. The number of nitrogens with two attached hydrogens (primary N) is 1. The number of thioether (sulfide) groups is 1. The Morgan fingerprint density at radius 3 is 2.43 bits per heavy atom. The summed E-state index contributed by atoms with van der Waals surface area (Å²) in [5.74, 6) is -0.488. The van der Waals surface area contributed by atoms with E-state index in [0.29, 0.717) is 12.2 Å². The van der Waals surface area contributed by atoms with Gasteiger partial charge in [0.25, 0.3) is 0 Å². The molecule has 1 unspecified atom stereocenters. The molecule has 0 aliphatic rings. The van der Waals surface area contributed by atoms with Gasteiger partial charge in [-0.25, -0.2) is 0 Å². The Morgan fingerprint density at radius 1 is 1.57 bits per heavy atom. The highest BCUT2D eigenvalue weighted by molar-refractivity contribution is 8.00. The molecule has 14 heavy (non-hydrogen) atoms. The molecular weight excluding hydrogens is 202 g/mol. The van der Waals surface area contributed by atoms with E-state index >= 15 is 0 Å². The minimum absolute atomic E-state index is 0.389. The zero-order valence-corrected chi connectivity index (χ0v) is 9.67. The van der Waals surface area contributed by atoms with Gasteiger partial charge in [-0.1, -0.05) is 6.92 Å². The van der Waals surface area contributed by atoms with E-state index in [2.05, 4.69) is 0 Å². The monoisotopic (exact) mass is 221 g/mol. The molecule has 0 aromatic carbocycles. The molecule has 0 spiro atoms. The predicted molar refractivity (Wildman–Crippen MR) is 58.4 cm³/mol. The molecule has 0 bridgehead atoms. The van der Waals surface area contributed by atoms with Crippen LogP contribution in [0.4, 0.5) is 0 Å². The van der Waals surface area contributed by atoms with Crippen molar-refractivity contribution in [1.29, 1.82) is 0 Å². The number of aliphatic hydroxyl groups is 1. The van der Waals surface area contributed by atoms with Crippen molar-refractivity contribution in [1.82, 2.24) is 0 Å². The molecule has 0 aromatic heterocycles. The Labute approximate surface area is 88.9 Å². The third kappa shape index (κ3) is 4.30. The Hall–Kier alpha value is -0.260. The van der Waals surface area contributed by atoms with E-state index in [0.717, 1.165) is 0 Å². The Morgan fingerprint density at radius 2 is 2.07 bits per heavy atom. The van der Waals surface area contributed by atoms with Crippen molar-refractivity contribution in [3.63, 3.8) is 0 Å². The first-order valence-electron chi connectivity index (χ1n) is 4.61. The molecule has 0 aliphatic carbocycles. The zero-order chi connectivity index (χ0) is 11.4. The molecule has 0 aliphatic heterocycles. The predicted octanol–water partition coefficient (Wildman–Crippen LogP) is 0.681. The summed E-state index contributed by atoms with van der Waals surface area (Å²) in [6.07, 6.45) is 0.283. The van der Waals surface area contributed by atoms with E-state index in [1.165, 1.54) is 11.8 Å². The van der Waals surface area contributed by atoms with Gasteiger partial charge < -0.3 is 15.9 Å². The molecule has 0 radical (unpaired) electrons. The maximum atomic E-state index is 10.7. The highest BCUT2D eigenvalue weighted by Crippen LogP contribution is 2.28. The van der Waals surface area contributed by atoms with Gasteiger partial charge in [0, 0.05) is 10.5 Å². The minimum atomic E-state index is -1.01. The summed E-state index contributed by atoms with van der Waals surface area (Å²) in [4.78, 5) is 10.7. The number of hydrogen-bond donors (Lipinski definition) is 3. The zero-order valence-electron chi connectivity index (χ0n) is 8.86. The van der Waals surface area contributed by atoms with Crippen LogP contribution < -0.4 is 5.73 Å². The van der Waals surface area contributed by atoms with Gasteiger partial charge in [-0.15, -0.1) is 0 Å². The summed E-state index contributed by atoms with van der Waals surface area (Å²) in [6, 6.07) is -0.906. The van der Waals surface area contributed by atoms with Gasteiger partial charge >= 0.3 is 5.97 Å². The highest BCUT2D eigenvalue weighted by atomic mass is 32.2. The van der Waals surface area contributed by atoms with Crippen LogP contribution in [0.1, 0.15) is 27.2 Å². The SMILES string of the molecule is CCC(O)CSC(C)(C)[C@H](N)C(=O)O. The first-order chi connectivity index (χ1) is 6.31. The lowest BCUT2D eigenvalue weighted by molar-refractivity contribution is -0.139. The van der Waals surface area contributed by atoms with Crippen LogP contribution in [0.2, 0.25) is 0 Å². The van der Waals surface area contributed by atoms with Crippen molar-refractivity contribution in [3.05, 3.63) is 0 Å². The third-order valence-electron chi connectivity index (χ3n) is 2.13. The van der Waals surface area contributed by atoms with E-state index in [9.17, 15) is 9.90 Å². The first-order valence-corrected chi connectivity index (χ1v) is 5.60. The Bertz CT molecular complexity index is 196. The van der Waals surface area contributed by atoms with Crippen LogP contribution in [-0.2, 0) is 4.79 Å². The molecule has 4 N–H and O–H groups in total. The molecule has 0 fully saturated rings. The second kappa shape index (κ2) is 5.58. The number of carbonyl (C=O) groups is 1. The van der Waals surface area contributed by atoms with Crippen molar-refractivity contribution in [2.45, 2.75) is 44.1 Å². The number of rotatable bonds is 6. The van der Waals surface area contributed by atoms with Crippen molar-refractivity contribution >= 4 is 17.7 Å². The quantitative estimate of drug-likeness (QED) is 0.614. The third-order valence-corrected chi connectivity index (χ3v) is 3.68. The highest BCUT2D eigenvalue weighted by Gasteiger charge is 2.32. The summed E-state index contributed by atoms with van der Waals surface area (Å²) < 4.78 is -0.554. The van der Waals surface area contributed by atoms with Gasteiger partial charge in [0.2, 0.25) is 0 Å². The van der Waals surface area contributed by atoms with Gasteiger partial charge in [-0.3, -0.25) is 4.79 Å². The second-order valence-corrected chi connectivity index (χ2v) is 5.47. The molecule has 5 heteroatoms. The summed E-state index contributed by atoms with van der Waals surface area (Å²) in [5, 5.41) is 18.1. The molecule has 0 heterocycles. The largest absolute Gasteiger partial charge is 0.480 e. The number of aliphatic hydroxyl groups excluding tert-OH is 1. The van der Waals surface area contributed by atoms with Crippen LogP contribution in [-0.4, -0.2) is 38.8 Å². The first kappa shape index (κ1) is 13.7. The normalized spacial score (nSPS) is 16.4. The molecule has 84 valence electrons. The maximum Gasteiger partial charge on any atom is 0.321 e. The topological polar surface area (TPSA) is 83.5 Å². The number of aliphatic carboxylic acids is 1.